The number of nitrogens with one attached hydrogen (secondary N) is 2. The minimum absolute atomic E-state index is 0. The van der Waals surface area contributed by atoms with Crippen LogP contribution in [-0.2, 0) is 16.6 Å². The molecule has 0 unspecified atom stereocenters. The molecule has 0 heterocycles. The number of nitrogens with two attached hydrogens (primary N) is 1. The van der Waals surface area contributed by atoms with E-state index in [4.69, 9.17) is 5.73 Å². The second kappa shape index (κ2) is 11.0. The summed E-state index contributed by atoms with van der Waals surface area (Å²) in [6.07, 6.45) is 1.62. The normalized spacial score (nSPS) is 10.9. The highest BCUT2D eigenvalue weighted by Crippen LogP contribution is 2.16. The van der Waals surface area contributed by atoms with E-state index in [0.717, 1.165) is 24.0 Å². The molecule has 4 N–H and O–H groups in total. The number of rotatable bonds is 9. The fourth-order valence-corrected chi connectivity index (χ4v) is 3.48. The maximum atomic E-state index is 12.5. The largest absolute Gasteiger partial charge is 0.352 e. The van der Waals surface area contributed by atoms with E-state index >= 15 is 0 Å². The average Bonchev–Trinajstić information content (AvgIpc) is 2.64. The van der Waals surface area contributed by atoms with Gasteiger partial charge in [-0.1, -0.05) is 36.4 Å². The van der Waals surface area contributed by atoms with E-state index in [1.165, 1.54) is 12.1 Å². The molecule has 2 aromatic carbocycles. The number of hydrogen-bond donors (Lipinski definition) is 3. The molecule has 27 heavy (non-hydrogen) atoms. The highest BCUT2D eigenvalue weighted by Gasteiger charge is 2.17. The number of unbranched alkanes of at least 4 members (excludes halogenated alkanes) is 1. The van der Waals surface area contributed by atoms with Gasteiger partial charge in [-0.2, -0.15) is 0 Å². The molecular formula is C19H26ClN3O3S. The van der Waals surface area contributed by atoms with Crippen molar-refractivity contribution in [1.29, 1.82) is 0 Å². The molecule has 0 radical (unpaired) electrons. The van der Waals surface area contributed by atoms with Crippen LogP contribution in [0.3, 0.4) is 0 Å². The Labute approximate surface area is 167 Å². The quantitative estimate of drug-likeness (QED) is 0.551. The number of carbonyl (C=O) groups excluding carboxylic acids is 1. The van der Waals surface area contributed by atoms with Crippen LogP contribution < -0.4 is 15.8 Å². The van der Waals surface area contributed by atoms with Gasteiger partial charge in [-0.25, -0.2) is 13.1 Å². The van der Waals surface area contributed by atoms with Gasteiger partial charge >= 0.3 is 0 Å². The van der Waals surface area contributed by atoms with Crippen molar-refractivity contribution in [3.05, 3.63) is 65.2 Å². The Morgan fingerprint density at radius 1 is 1.07 bits per heavy atom. The minimum Gasteiger partial charge on any atom is -0.352 e. The molecule has 0 saturated heterocycles. The van der Waals surface area contributed by atoms with Crippen molar-refractivity contribution in [2.75, 3.05) is 13.1 Å². The van der Waals surface area contributed by atoms with Gasteiger partial charge in [0.25, 0.3) is 5.91 Å². The van der Waals surface area contributed by atoms with Gasteiger partial charge in [-0.05, 0) is 49.6 Å². The van der Waals surface area contributed by atoms with Gasteiger partial charge in [0.2, 0.25) is 10.0 Å². The van der Waals surface area contributed by atoms with Crippen LogP contribution in [0.4, 0.5) is 0 Å². The summed E-state index contributed by atoms with van der Waals surface area (Å²) in [5, 5.41) is 2.80. The van der Waals surface area contributed by atoms with Gasteiger partial charge in [0, 0.05) is 18.7 Å². The van der Waals surface area contributed by atoms with Crippen molar-refractivity contribution in [3.63, 3.8) is 0 Å². The van der Waals surface area contributed by atoms with Crippen molar-refractivity contribution in [3.8, 4) is 0 Å². The summed E-state index contributed by atoms with van der Waals surface area (Å²) in [5.74, 6) is -0.278. The summed E-state index contributed by atoms with van der Waals surface area (Å²) in [6, 6.07) is 13.8. The second-order valence-electron chi connectivity index (χ2n) is 6.04. The molecule has 8 heteroatoms. The number of benzene rings is 2. The smallest absolute Gasteiger partial charge is 0.251 e. The average molecular weight is 412 g/mol. The van der Waals surface area contributed by atoms with Crippen molar-refractivity contribution in [2.45, 2.75) is 31.2 Å². The van der Waals surface area contributed by atoms with Gasteiger partial charge < -0.3 is 11.1 Å². The molecule has 0 aliphatic carbocycles. The monoisotopic (exact) mass is 411 g/mol. The summed E-state index contributed by atoms with van der Waals surface area (Å²) in [4.78, 5) is 12.4. The summed E-state index contributed by atoms with van der Waals surface area (Å²) in [6.45, 7) is 3.06. The van der Waals surface area contributed by atoms with Crippen LogP contribution in [0.15, 0.2) is 53.4 Å². The van der Waals surface area contributed by atoms with Crippen LogP contribution >= 0.6 is 12.4 Å². The van der Waals surface area contributed by atoms with Gasteiger partial charge in [0.05, 0.1) is 4.90 Å². The number of amides is 1. The molecule has 0 saturated carbocycles. The molecule has 148 valence electrons. The van der Waals surface area contributed by atoms with Gasteiger partial charge in [-0.3, -0.25) is 4.79 Å². The van der Waals surface area contributed by atoms with Crippen molar-refractivity contribution < 1.29 is 13.2 Å². The number of aryl methyl sites for hydroxylation is 1. The van der Waals surface area contributed by atoms with Crippen LogP contribution in [0.1, 0.15) is 34.3 Å². The molecule has 2 rings (SSSR count). The fraction of sp³-hybridized carbons (Fsp3) is 0.316. The Kier molecular flexibility index (Phi) is 9.45. The lowest BCUT2D eigenvalue weighted by atomic mass is 10.1. The van der Waals surface area contributed by atoms with Crippen LogP contribution in [0.2, 0.25) is 0 Å². The number of sulfonamides is 1. The molecule has 6 nitrogen and oxygen atoms in total. The Bertz CT molecular complexity index is 843. The second-order valence-corrected chi connectivity index (χ2v) is 7.81. The van der Waals surface area contributed by atoms with Crippen LogP contribution in [-0.4, -0.2) is 27.4 Å². The molecule has 0 aromatic heterocycles. The highest BCUT2D eigenvalue weighted by atomic mass is 35.5. The van der Waals surface area contributed by atoms with E-state index in [2.05, 4.69) is 10.0 Å². The third kappa shape index (κ3) is 6.95. The minimum atomic E-state index is -3.71. The van der Waals surface area contributed by atoms with Crippen LogP contribution in [0.5, 0.6) is 0 Å². The summed E-state index contributed by atoms with van der Waals surface area (Å²) < 4.78 is 27.6. The van der Waals surface area contributed by atoms with Gasteiger partial charge in [0.1, 0.15) is 0 Å². The molecule has 1 amide bonds. The van der Waals surface area contributed by atoms with E-state index in [1.54, 1.807) is 13.0 Å². The van der Waals surface area contributed by atoms with E-state index in [1.807, 2.05) is 30.3 Å². The zero-order chi connectivity index (χ0) is 19.0. The first-order valence-electron chi connectivity index (χ1n) is 8.56. The molecule has 0 bridgehead atoms. The molecular weight excluding hydrogens is 386 g/mol. The highest BCUT2D eigenvalue weighted by molar-refractivity contribution is 7.89. The third-order valence-electron chi connectivity index (χ3n) is 3.99. The molecule has 0 fully saturated rings. The zero-order valence-electron chi connectivity index (χ0n) is 15.3. The number of carbonyl (C=O) groups is 1. The molecule has 0 aliphatic heterocycles. The lowest BCUT2D eigenvalue weighted by Gasteiger charge is -2.11. The molecule has 0 atom stereocenters. The topological polar surface area (TPSA) is 101 Å². The van der Waals surface area contributed by atoms with E-state index in [0.29, 0.717) is 18.7 Å². The van der Waals surface area contributed by atoms with E-state index < -0.39 is 10.0 Å². The van der Waals surface area contributed by atoms with Crippen molar-refractivity contribution in [1.82, 2.24) is 10.0 Å². The van der Waals surface area contributed by atoms with E-state index in [9.17, 15) is 13.2 Å². The van der Waals surface area contributed by atoms with Crippen LogP contribution in [0.25, 0.3) is 0 Å². The standard InChI is InChI=1S/C19H25N3O3S.ClH/c1-15-9-10-17(13-18(15)19(23)21-12-6-5-11-20)26(24,25)22-14-16-7-3-2-4-8-16;/h2-4,7-10,13,22H,5-6,11-12,14,20H2,1H3,(H,21,23);1H. The summed E-state index contributed by atoms with van der Waals surface area (Å²) in [7, 11) is -3.71. The number of halogens is 1. The maximum Gasteiger partial charge on any atom is 0.251 e. The predicted octanol–water partition coefficient (Wildman–Crippen LogP) is 2.36. The first-order chi connectivity index (χ1) is 12.4. The number of hydrogen-bond acceptors (Lipinski definition) is 4. The van der Waals surface area contributed by atoms with Crippen LogP contribution in [0, 0.1) is 6.92 Å². The lowest BCUT2D eigenvalue weighted by Crippen LogP contribution is -2.27. The zero-order valence-corrected chi connectivity index (χ0v) is 16.9. The predicted molar refractivity (Wildman–Crippen MR) is 110 cm³/mol. The Balaban J connectivity index is 0.00000364. The van der Waals surface area contributed by atoms with Crippen molar-refractivity contribution >= 4 is 28.3 Å². The maximum absolute atomic E-state index is 12.5. The SMILES string of the molecule is Cc1ccc(S(=O)(=O)NCc2ccccc2)cc1C(=O)NCCCCN.Cl. The summed E-state index contributed by atoms with van der Waals surface area (Å²) in [5.41, 5.74) is 7.38. The van der Waals surface area contributed by atoms with Gasteiger partial charge in [-0.15, -0.1) is 12.4 Å². The van der Waals surface area contributed by atoms with E-state index in [-0.39, 0.29) is 29.8 Å². The Hall–Kier alpha value is -1.93. The van der Waals surface area contributed by atoms with Crippen molar-refractivity contribution in [2.24, 2.45) is 5.73 Å². The first-order valence-corrected chi connectivity index (χ1v) is 10.0. The first kappa shape index (κ1) is 23.1. The molecule has 0 aliphatic rings. The molecule has 2 aromatic rings. The molecule has 0 spiro atoms. The summed E-state index contributed by atoms with van der Waals surface area (Å²) >= 11 is 0. The lowest BCUT2D eigenvalue weighted by molar-refractivity contribution is 0.0952. The third-order valence-corrected chi connectivity index (χ3v) is 5.39. The fourth-order valence-electron chi connectivity index (χ4n) is 2.44. The Morgan fingerprint density at radius 3 is 2.44 bits per heavy atom. The Morgan fingerprint density at radius 2 is 1.78 bits per heavy atom. The van der Waals surface area contributed by atoms with Gasteiger partial charge in [0.15, 0.2) is 0 Å².